The highest BCUT2D eigenvalue weighted by molar-refractivity contribution is 6.34. The number of carbonyl (C=O) groups excluding carboxylic acids is 2. The van der Waals surface area contributed by atoms with Gasteiger partial charge in [-0.05, 0) is 57.0 Å². The largest absolute Gasteiger partial charge is 0.348 e. The number of halogens is 2. The standard InChI is InChI=1S/C31H31Cl2N3O2/c1-5-18-36-20(3)27(30(37)34-25-12-8-6-10-23(25)32)29(22-16-14-19(2)15-17-22)28(21(36)4)31(38)35-26-13-9-7-11-24(26)33/h6-17,29H,5,18H2,1-4H3,(H,34,37)(H,35,38). The molecule has 196 valence electrons. The first-order chi connectivity index (χ1) is 18.2. The summed E-state index contributed by atoms with van der Waals surface area (Å²) in [4.78, 5) is 30.0. The van der Waals surface area contributed by atoms with Gasteiger partial charge < -0.3 is 15.5 Å². The van der Waals surface area contributed by atoms with E-state index in [-0.39, 0.29) is 11.8 Å². The highest BCUT2D eigenvalue weighted by Gasteiger charge is 2.39. The van der Waals surface area contributed by atoms with Gasteiger partial charge in [0.05, 0.1) is 21.4 Å². The fourth-order valence-electron chi connectivity index (χ4n) is 4.85. The van der Waals surface area contributed by atoms with Crippen molar-refractivity contribution < 1.29 is 9.59 Å². The Morgan fingerprint density at radius 2 is 1.18 bits per heavy atom. The maximum atomic E-state index is 14.0. The zero-order chi connectivity index (χ0) is 27.4. The van der Waals surface area contributed by atoms with E-state index in [2.05, 4.69) is 17.6 Å². The zero-order valence-electron chi connectivity index (χ0n) is 21.9. The molecule has 3 aromatic carbocycles. The average Bonchev–Trinajstić information content (AvgIpc) is 2.89. The van der Waals surface area contributed by atoms with Gasteiger partial charge in [0.1, 0.15) is 0 Å². The van der Waals surface area contributed by atoms with Gasteiger partial charge in [-0.25, -0.2) is 0 Å². The van der Waals surface area contributed by atoms with Crippen molar-refractivity contribution in [1.82, 2.24) is 4.90 Å². The zero-order valence-corrected chi connectivity index (χ0v) is 23.5. The second-order valence-electron chi connectivity index (χ2n) is 9.36. The Labute approximate surface area is 234 Å². The van der Waals surface area contributed by atoms with Gasteiger partial charge in [0, 0.05) is 35.0 Å². The minimum absolute atomic E-state index is 0.308. The molecule has 0 aliphatic carbocycles. The minimum Gasteiger partial charge on any atom is -0.348 e. The Morgan fingerprint density at radius 1 is 0.737 bits per heavy atom. The molecule has 2 N–H and O–H groups in total. The lowest BCUT2D eigenvalue weighted by atomic mass is 9.78. The lowest BCUT2D eigenvalue weighted by Crippen LogP contribution is -2.37. The third-order valence-corrected chi connectivity index (χ3v) is 7.42. The van der Waals surface area contributed by atoms with E-state index in [9.17, 15) is 9.59 Å². The topological polar surface area (TPSA) is 61.4 Å². The average molecular weight is 549 g/mol. The molecule has 2 amide bonds. The van der Waals surface area contributed by atoms with Crippen molar-refractivity contribution in [2.75, 3.05) is 17.2 Å². The van der Waals surface area contributed by atoms with Crippen LogP contribution in [0, 0.1) is 6.92 Å². The van der Waals surface area contributed by atoms with Gasteiger partial charge in [-0.15, -0.1) is 0 Å². The fraction of sp³-hybridized carbons (Fsp3) is 0.226. The van der Waals surface area contributed by atoms with Crippen LogP contribution >= 0.6 is 23.2 Å². The first-order valence-electron chi connectivity index (χ1n) is 12.6. The summed E-state index contributed by atoms with van der Waals surface area (Å²) >= 11 is 12.7. The van der Waals surface area contributed by atoms with Gasteiger partial charge >= 0.3 is 0 Å². The molecule has 0 spiro atoms. The Bertz CT molecular complexity index is 1340. The first kappa shape index (κ1) is 27.5. The second kappa shape index (κ2) is 11.9. The van der Waals surface area contributed by atoms with E-state index in [1.165, 1.54) is 0 Å². The number of amides is 2. The summed E-state index contributed by atoms with van der Waals surface area (Å²) in [5.41, 5.74) is 5.55. The first-order valence-corrected chi connectivity index (χ1v) is 13.4. The summed E-state index contributed by atoms with van der Waals surface area (Å²) in [6.07, 6.45) is 0.836. The molecule has 0 fully saturated rings. The van der Waals surface area contributed by atoms with Crippen LogP contribution in [0.15, 0.2) is 95.3 Å². The van der Waals surface area contributed by atoms with E-state index < -0.39 is 5.92 Å². The van der Waals surface area contributed by atoms with Crippen molar-refractivity contribution in [3.05, 3.63) is 117 Å². The number of nitrogens with zero attached hydrogens (tertiary/aromatic N) is 1. The van der Waals surface area contributed by atoms with Gasteiger partial charge in [-0.1, -0.05) is 84.2 Å². The van der Waals surface area contributed by atoms with Crippen molar-refractivity contribution >= 4 is 46.4 Å². The van der Waals surface area contributed by atoms with Crippen LogP contribution in [0.5, 0.6) is 0 Å². The second-order valence-corrected chi connectivity index (χ2v) is 10.2. The van der Waals surface area contributed by atoms with Crippen LogP contribution in [0.4, 0.5) is 11.4 Å². The minimum atomic E-state index is -0.603. The van der Waals surface area contributed by atoms with Gasteiger partial charge in [-0.3, -0.25) is 9.59 Å². The smallest absolute Gasteiger partial charge is 0.254 e. The van der Waals surface area contributed by atoms with E-state index in [0.29, 0.717) is 39.1 Å². The summed E-state index contributed by atoms with van der Waals surface area (Å²) in [6.45, 7) is 8.60. The molecule has 38 heavy (non-hydrogen) atoms. The number of hydrogen-bond donors (Lipinski definition) is 2. The predicted molar refractivity (Wildman–Crippen MR) is 156 cm³/mol. The lowest BCUT2D eigenvalue weighted by molar-refractivity contribution is -0.113. The van der Waals surface area contributed by atoms with E-state index in [1.54, 1.807) is 24.3 Å². The molecule has 5 nitrogen and oxygen atoms in total. The Balaban J connectivity index is 1.87. The predicted octanol–water partition coefficient (Wildman–Crippen LogP) is 7.94. The quantitative estimate of drug-likeness (QED) is 0.315. The van der Waals surface area contributed by atoms with Crippen LogP contribution in [0.25, 0.3) is 0 Å². The molecule has 1 aliphatic rings. The number of hydrogen-bond acceptors (Lipinski definition) is 3. The molecule has 0 aromatic heterocycles. The SMILES string of the molecule is CCCN1C(C)=C(C(=O)Nc2ccccc2Cl)C(c2ccc(C)cc2)C(C(=O)Nc2ccccc2Cl)=C1C. The fourth-order valence-corrected chi connectivity index (χ4v) is 5.22. The molecule has 7 heteroatoms. The van der Waals surface area contributed by atoms with Crippen LogP contribution in [0.1, 0.15) is 44.2 Å². The molecule has 1 aliphatic heterocycles. The Hall–Kier alpha value is -3.54. The van der Waals surface area contributed by atoms with Crippen LogP contribution in [0.2, 0.25) is 10.0 Å². The van der Waals surface area contributed by atoms with Crippen LogP contribution < -0.4 is 10.6 Å². The summed E-state index contributed by atoms with van der Waals surface area (Å²) < 4.78 is 0. The normalized spacial score (nSPS) is 14.1. The summed E-state index contributed by atoms with van der Waals surface area (Å²) in [5, 5.41) is 6.85. The van der Waals surface area contributed by atoms with Crippen molar-refractivity contribution in [3.63, 3.8) is 0 Å². The van der Waals surface area contributed by atoms with Crippen LogP contribution in [0.3, 0.4) is 0 Å². The van der Waals surface area contributed by atoms with Crippen LogP contribution in [-0.2, 0) is 9.59 Å². The van der Waals surface area contributed by atoms with Crippen LogP contribution in [-0.4, -0.2) is 23.3 Å². The summed E-state index contributed by atoms with van der Waals surface area (Å²) in [5.74, 6) is -1.22. The number of nitrogens with one attached hydrogen (secondary N) is 2. The maximum Gasteiger partial charge on any atom is 0.254 e. The highest BCUT2D eigenvalue weighted by Crippen LogP contribution is 2.43. The molecule has 3 aromatic rings. The number of carbonyl (C=O) groups is 2. The monoisotopic (exact) mass is 547 g/mol. The van der Waals surface area contributed by atoms with E-state index in [4.69, 9.17) is 23.2 Å². The van der Waals surface area contributed by atoms with Gasteiger partial charge in [0.15, 0.2) is 0 Å². The molecule has 0 saturated carbocycles. The van der Waals surface area contributed by atoms with Gasteiger partial charge in [-0.2, -0.15) is 0 Å². The number of allylic oxidation sites excluding steroid dienone is 2. The third kappa shape index (κ3) is 5.64. The summed E-state index contributed by atoms with van der Waals surface area (Å²) in [7, 11) is 0. The molecule has 0 saturated heterocycles. The van der Waals surface area contributed by atoms with E-state index in [0.717, 1.165) is 28.9 Å². The molecular weight excluding hydrogens is 517 g/mol. The number of rotatable bonds is 7. The number of aryl methyl sites for hydroxylation is 1. The van der Waals surface area contributed by atoms with Gasteiger partial charge in [0.25, 0.3) is 11.8 Å². The van der Waals surface area contributed by atoms with Gasteiger partial charge in [0.2, 0.25) is 0 Å². The number of anilines is 2. The van der Waals surface area contributed by atoms with Crippen molar-refractivity contribution in [2.24, 2.45) is 0 Å². The molecule has 1 heterocycles. The van der Waals surface area contributed by atoms with Crippen molar-refractivity contribution in [2.45, 2.75) is 40.0 Å². The molecule has 0 atom stereocenters. The molecule has 0 unspecified atom stereocenters. The van der Waals surface area contributed by atoms with E-state index >= 15 is 0 Å². The van der Waals surface area contributed by atoms with Crippen molar-refractivity contribution in [1.29, 1.82) is 0 Å². The third-order valence-electron chi connectivity index (χ3n) is 6.76. The summed E-state index contributed by atoms with van der Waals surface area (Å²) in [6, 6.07) is 22.2. The Kier molecular flexibility index (Phi) is 8.60. The maximum absolute atomic E-state index is 14.0. The molecule has 4 rings (SSSR count). The molecular formula is C31H31Cl2N3O2. The lowest BCUT2D eigenvalue weighted by Gasteiger charge is -2.38. The highest BCUT2D eigenvalue weighted by atomic mass is 35.5. The van der Waals surface area contributed by atoms with E-state index in [1.807, 2.05) is 74.2 Å². The number of para-hydroxylation sites is 2. The van der Waals surface area contributed by atoms with Crippen molar-refractivity contribution in [3.8, 4) is 0 Å². The molecule has 0 radical (unpaired) electrons. The number of benzene rings is 3. The molecule has 0 bridgehead atoms. The Morgan fingerprint density at radius 3 is 1.61 bits per heavy atom.